The first kappa shape index (κ1) is 15.9. The maximum Gasteiger partial charge on any atom is 0.304 e. The number of hydrogen-bond donors (Lipinski definition) is 0. The Labute approximate surface area is 127 Å². The van der Waals surface area contributed by atoms with Crippen LogP contribution in [0.15, 0.2) is 6.07 Å². The van der Waals surface area contributed by atoms with Crippen LogP contribution < -0.4 is 4.90 Å². The third-order valence-corrected chi connectivity index (χ3v) is 4.51. The lowest BCUT2D eigenvalue weighted by Gasteiger charge is -2.47. The van der Waals surface area contributed by atoms with Crippen LogP contribution in [-0.2, 0) is 4.74 Å². The van der Waals surface area contributed by atoms with E-state index in [1.807, 2.05) is 32.6 Å². The van der Waals surface area contributed by atoms with Crippen LogP contribution >= 0.6 is 11.3 Å². The fourth-order valence-electron chi connectivity index (χ4n) is 2.83. The topological polar surface area (TPSA) is 72.7 Å². The minimum atomic E-state index is -0.423. The molecule has 0 aromatic carbocycles. The number of Topliss-reactive ketones (excluding diaryl/α,β-unsaturated/α-hetero) is 1. The summed E-state index contributed by atoms with van der Waals surface area (Å²) in [5, 5.41) is 11.8. The SMILES string of the molecule is CC(=O)c1cc([N+](=O)[O-])c(N2CC(C)(C)OC(C)(C)C2)s1. The molecule has 0 spiro atoms. The van der Waals surface area contributed by atoms with Gasteiger partial charge in [-0.1, -0.05) is 0 Å². The summed E-state index contributed by atoms with van der Waals surface area (Å²) in [7, 11) is 0. The van der Waals surface area contributed by atoms with Crippen molar-refractivity contribution < 1.29 is 14.5 Å². The first-order valence-corrected chi connectivity index (χ1v) is 7.57. The highest BCUT2D eigenvalue weighted by Gasteiger charge is 2.40. The predicted molar refractivity (Wildman–Crippen MR) is 82.4 cm³/mol. The summed E-state index contributed by atoms with van der Waals surface area (Å²) in [5.41, 5.74) is -0.815. The van der Waals surface area contributed by atoms with E-state index in [2.05, 4.69) is 0 Å². The molecule has 0 unspecified atom stereocenters. The Balaban J connectivity index is 2.45. The molecule has 0 atom stereocenters. The number of carbonyl (C=O) groups excluding carboxylic acids is 1. The van der Waals surface area contributed by atoms with Gasteiger partial charge in [-0.15, -0.1) is 11.3 Å². The predicted octanol–water partition coefficient (Wildman–Crippen LogP) is 3.25. The number of nitrogens with zero attached hydrogens (tertiary/aromatic N) is 2. The van der Waals surface area contributed by atoms with Crippen LogP contribution in [-0.4, -0.2) is 35.0 Å². The average Bonchev–Trinajstić information content (AvgIpc) is 2.69. The van der Waals surface area contributed by atoms with Crippen molar-refractivity contribution in [3.8, 4) is 0 Å². The van der Waals surface area contributed by atoms with Gasteiger partial charge in [0.05, 0.1) is 21.0 Å². The monoisotopic (exact) mass is 312 g/mol. The largest absolute Gasteiger partial charge is 0.366 e. The highest BCUT2D eigenvalue weighted by Crippen LogP contribution is 2.41. The molecule has 0 aliphatic carbocycles. The average molecular weight is 312 g/mol. The Bertz CT molecular complexity index is 576. The van der Waals surface area contributed by atoms with Gasteiger partial charge >= 0.3 is 5.69 Å². The number of rotatable bonds is 3. The number of thiophene rings is 1. The molecule has 21 heavy (non-hydrogen) atoms. The Morgan fingerprint density at radius 3 is 2.29 bits per heavy atom. The van der Waals surface area contributed by atoms with Gasteiger partial charge in [-0.3, -0.25) is 14.9 Å². The normalized spacial score (nSPS) is 20.3. The number of morpholine rings is 1. The van der Waals surface area contributed by atoms with Crippen molar-refractivity contribution in [3.63, 3.8) is 0 Å². The lowest BCUT2D eigenvalue weighted by atomic mass is 9.99. The number of nitro groups is 1. The fraction of sp³-hybridized carbons (Fsp3) is 0.643. The van der Waals surface area contributed by atoms with Crippen LogP contribution in [0.25, 0.3) is 0 Å². The summed E-state index contributed by atoms with van der Waals surface area (Å²) in [6.45, 7) is 10.4. The van der Waals surface area contributed by atoms with Crippen LogP contribution in [0.4, 0.5) is 10.7 Å². The minimum Gasteiger partial charge on any atom is -0.366 e. The molecule has 2 rings (SSSR count). The highest BCUT2D eigenvalue weighted by atomic mass is 32.1. The number of ketones is 1. The second kappa shape index (κ2) is 5.06. The second-order valence-corrected chi connectivity index (χ2v) is 7.62. The zero-order valence-corrected chi connectivity index (χ0v) is 13.7. The molecule has 6 nitrogen and oxygen atoms in total. The number of anilines is 1. The Morgan fingerprint density at radius 2 is 1.86 bits per heavy atom. The van der Waals surface area contributed by atoms with Crippen molar-refractivity contribution in [1.29, 1.82) is 0 Å². The lowest BCUT2D eigenvalue weighted by molar-refractivity contribution is -0.383. The molecule has 0 bridgehead atoms. The van der Waals surface area contributed by atoms with Gasteiger partial charge in [-0.25, -0.2) is 0 Å². The summed E-state index contributed by atoms with van der Waals surface area (Å²) < 4.78 is 5.99. The van der Waals surface area contributed by atoms with Crippen LogP contribution in [0.5, 0.6) is 0 Å². The highest BCUT2D eigenvalue weighted by molar-refractivity contribution is 7.18. The maximum absolute atomic E-state index is 11.5. The quantitative estimate of drug-likeness (QED) is 0.486. The Morgan fingerprint density at radius 1 is 1.33 bits per heavy atom. The van der Waals surface area contributed by atoms with Crippen molar-refractivity contribution in [2.24, 2.45) is 0 Å². The third kappa shape index (κ3) is 3.41. The molecule has 1 fully saturated rings. The molecule has 1 aromatic rings. The first-order chi connectivity index (χ1) is 9.51. The van der Waals surface area contributed by atoms with Gasteiger partial charge in [0.1, 0.15) is 0 Å². The molecule has 0 N–H and O–H groups in total. The van der Waals surface area contributed by atoms with Crippen LogP contribution in [0.2, 0.25) is 0 Å². The molecule has 7 heteroatoms. The molecule has 1 aliphatic rings. The number of carbonyl (C=O) groups is 1. The van der Waals surface area contributed by atoms with Crippen molar-refractivity contribution in [1.82, 2.24) is 0 Å². The van der Waals surface area contributed by atoms with Crippen LogP contribution in [0.1, 0.15) is 44.3 Å². The summed E-state index contributed by atoms with van der Waals surface area (Å²) in [6.07, 6.45) is 0. The molecule has 116 valence electrons. The van der Waals surface area contributed by atoms with Gasteiger partial charge < -0.3 is 9.64 Å². The van der Waals surface area contributed by atoms with Crippen molar-refractivity contribution in [2.45, 2.75) is 45.8 Å². The van der Waals surface area contributed by atoms with Crippen molar-refractivity contribution in [3.05, 3.63) is 21.1 Å². The molecule has 1 aliphatic heterocycles. The summed E-state index contributed by atoms with van der Waals surface area (Å²) in [6, 6.07) is 1.37. The summed E-state index contributed by atoms with van der Waals surface area (Å²) >= 11 is 1.18. The van der Waals surface area contributed by atoms with E-state index < -0.39 is 16.1 Å². The van der Waals surface area contributed by atoms with Crippen LogP contribution in [0, 0.1) is 10.1 Å². The van der Waals surface area contributed by atoms with E-state index >= 15 is 0 Å². The zero-order chi connectivity index (χ0) is 16.0. The van der Waals surface area contributed by atoms with E-state index in [0.717, 1.165) is 0 Å². The van der Waals surface area contributed by atoms with E-state index in [1.54, 1.807) is 0 Å². The second-order valence-electron chi connectivity index (χ2n) is 6.59. The summed E-state index contributed by atoms with van der Waals surface area (Å²) in [4.78, 5) is 24.7. The van der Waals surface area contributed by atoms with E-state index in [1.165, 1.54) is 24.3 Å². The van der Waals surface area contributed by atoms with Gasteiger partial charge in [-0.2, -0.15) is 0 Å². The van der Waals surface area contributed by atoms with E-state index in [-0.39, 0.29) is 11.5 Å². The van der Waals surface area contributed by atoms with Gasteiger partial charge in [0.15, 0.2) is 10.8 Å². The van der Waals surface area contributed by atoms with Gasteiger partial charge in [-0.05, 0) is 34.6 Å². The Hall–Kier alpha value is -1.47. The van der Waals surface area contributed by atoms with Gasteiger partial charge in [0.25, 0.3) is 0 Å². The number of ether oxygens (including phenoxy) is 1. The molecular weight excluding hydrogens is 292 g/mol. The smallest absolute Gasteiger partial charge is 0.304 e. The van der Waals surface area contributed by atoms with E-state index in [9.17, 15) is 14.9 Å². The fourth-order valence-corrected chi connectivity index (χ4v) is 3.85. The van der Waals surface area contributed by atoms with Crippen molar-refractivity contribution >= 4 is 27.8 Å². The third-order valence-electron chi connectivity index (χ3n) is 3.22. The molecule has 1 aromatic heterocycles. The lowest BCUT2D eigenvalue weighted by Crippen LogP contribution is -2.57. The Kier molecular flexibility index (Phi) is 3.84. The van der Waals surface area contributed by atoms with Gasteiger partial charge in [0, 0.05) is 19.2 Å². The number of hydrogen-bond acceptors (Lipinski definition) is 6. The standard InChI is InChI=1S/C14H20N2O4S/c1-9(17)11-6-10(16(18)19)12(21-11)15-7-13(2,3)20-14(4,5)8-15/h6H,7-8H2,1-5H3. The molecular formula is C14H20N2O4S. The van der Waals surface area contributed by atoms with Crippen LogP contribution in [0.3, 0.4) is 0 Å². The maximum atomic E-state index is 11.5. The molecule has 0 amide bonds. The van der Waals surface area contributed by atoms with Gasteiger partial charge in [0.2, 0.25) is 0 Å². The van der Waals surface area contributed by atoms with E-state index in [4.69, 9.17) is 4.74 Å². The summed E-state index contributed by atoms with van der Waals surface area (Å²) in [5.74, 6) is -0.152. The first-order valence-electron chi connectivity index (χ1n) is 6.75. The molecule has 0 radical (unpaired) electrons. The minimum absolute atomic E-state index is 0.00120. The zero-order valence-electron chi connectivity index (χ0n) is 12.9. The molecule has 1 saturated heterocycles. The molecule has 0 saturated carbocycles. The van der Waals surface area contributed by atoms with Crippen molar-refractivity contribution in [2.75, 3.05) is 18.0 Å². The van der Waals surface area contributed by atoms with E-state index in [0.29, 0.717) is 23.0 Å². The molecule has 2 heterocycles.